The second-order valence-corrected chi connectivity index (χ2v) is 4.40. The van der Waals surface area contributed by atoms with Gasteiger partial charge in [0.25, 0.3) is 0 Å². The maximum atomic E-state index is 11.3. The Kier molecular flexibility index (Phi) is 6.37. The van der Waals surface area contributed by atoms with Crippen LogP contribution in [0.25, 0.3) is 0 Å². The van der Waals surface area contributed by atoms with E-state index in [1.165, 1.54) is 0 Å². The Labute approximate surface area is 96.9 Å². The first-order valence-electron chi connectivity index (χ1n) is 5.85. The fraction of sp³-hybridized carbons (Fsp3) is 0.909. The van der Waals surface area contributed by atoms with Crippen LogP contribution in [-0.4, -0.2) is 51.5 Å². The third kappa shape index (κ3) is 6.05. The normalized spacial score (nSPS) is 21.1. The molecule has 1 rings (SSSR count). The number of hydrogen-bond donors (Lipinski definition) is 2. The van der Waals surface area contributed by atoms with Gasteiger partial charge in [-0.1, -0.05) is 13.8 Å². The molecule has 16 heavy (non-hydrogen) atoms. The zero-order valence-electron chi connectivity index (χ0n) is 10.1. The molecule has 0 aliphatic carbocycles. The monoisotopic (exact) mass is 230 g/mol. The molecule has 1 saturated heterocycles. The van der Waals surface area contributed by atoms with Gasteiger partial charge in [0.15, 0.2) is 0 Å². The SMILES string of the molecule is CC(C)CNC(=O)CNCC1COCCO1. The van der Waals surface area contributed by atoms with Gasteiger partial charge in [-0.05, 0) is 5.92 Å². The summed E-state index contributed by atoms with van der Waals surface area (Å²) in [7, 11) is 0. The second-order valence-electron chi connectivity index (χ2n) is 4.40. The molecule has 5 nitrogen and oxygen atoms in total. The van der Waals surface area contributed by atoms with E-state index in [0.29, 0.717) is 38.8 Å². The van der Waals surface area contributed by atoms with Gasteiger partial charge >= 0.3 is 0 Å². The molecule has 94 valence electrons. The molecule has 0 radical (unpaired) electrons. The maximum Gasteiger partial charge on any atom is 0.233 e. The highest BCUT2D eigenvalue weighted by molar-refractivity contribution is 5.77. The van der Waals surface area contributed by atoms with E-state index < -0.39 is 0 Å². The Bertz CT molecular complexity index is 203. The van der Waals surface area contributed by atoms with Crippen LogP contribution in [0, 0.1) is 5.92 Å². The van der Waals surface area contributed by atoms with Crippen molar-refractivity contribution in [3.63, 3.8) is 0 Å². The Morgan fingerprint density at radius 3 is 2.88 bits per heavy atom. The lowest BCUT2D eigenvalue weighted by atomic mass is 10.2. The molecule has 0 bridgehead atoms. The molecule has 0 spiro atoms. The predicted octanol–water partition coefficient (Wildman–Crippen LogP) is -0.236. The van der Waals surface area contributed by atoms with Gasteiger partial charge in [-0.15, -0.1) is 0 Å². The van der Waals surface area contributed by atoms with Crippen LogP contribution in [-0.2, 0) is 14.3 Å². The molecule has 0 aromatic carbocycles. The molecule has 1 heterocycles. The standard InChI is InChI=1S/C11H22N2O3/c1-9(2)5-13-11(14)7-12-6-10-8-15-3-4-16-10/h9-10,12H,3-8H2,1-2H3,(H,13,14). The largest absolute Gasteiger partial charge is 0.376 e. The van der Waals surface area contributed by atoms with Crippen LogP contribution in [0.3, 0.4) is 0 Å². The Morgan fingerprint density at radius 2 is 2.25 bits per heavy atom. The van der Waals surface area contributed by atoms with Crippen LogP contribution in [0.2, 0.25) is 0 Å². The number of nitrogens with one attached hydrogen (secondary N) is 2. The quantitative estimate of drug-likeness (QED) is 0.661. The van der Waals surface area contributed by atoms with E-state index in [4.69, 9.17) is 9.47 Å². The minimum absolute atomic E-state index is 0.0328. The van der Waals surface area contributed by atoms with Crippen molar-refractivity contribution >= 4 is 5.91 Å². The Balaban J connectivity index is 1.99. The van der Waals surface area contributed by atoms with E-state index in [9.17, 15) is 4.79 Å². The molecule has 5 heteroatoms. The van der Waals surface area contributed by atoms with Crippen LogP contribution in [0.5, 0.6) is 0 Å². The number of carbonyl (C=O) groups excluding carboxylic acids is 1. The Morgan fingerprint density at radius 1 is 1.44 bits per heavy atom. The van der Waals surface area contributed by atoms with Crippen molar-refractivity contribution in [2.45, 2.75) is 20.0 Å². The lowest BCUT2D eigenvalue weighted by Gasteiger charge is -2.23. The van der Waals surface area contributed by atoms with E-state index in [-0.39, 0.29) is 12.0 Å². The van der Waals surface area contributed by atoms with Crippen molar-refractivity contribution < 1.29 is 14.3 Å². The van der Waals surface area contributed by atoms with E-state index in [2.05, 4.69) is 24.5 Å². The summed E-state index contributed by atoms with van der Waals surface area (Å²) in [6.45, 7) is 7.80. The number of carbonyl (C=O) groups is 1. The van der Waals surface area contributed by atoms with Crippen molar-refractivity contribution in [1.29, 1.82) is 0 Å². The first-order chi connectivity index (χ1) is 7.68. The van der Waals surface area contributed by atoms with Gasteiger partial charge in [-0.3, -0.25) is 4.79 Å². The van der Waals surface area contributed by atoms with Gasteiger partial charge in [0.2, 0.25) is 5.91 Å². The maximum absolute atomic E-state index is 11.3. The lowest BCUT2D eigenvalue weighted by molar-refractivity contribution is -0.120. The summed E-state index contributed by atoms with van der Waals surface area (Å²) in [5.41, 5.74) is 0. The zero-order valence-corrected chi connectivity index (χ0v) is 10.1. The van der Waals surface area contributed by atoms with Crippen molar-refractivity contribution in [2.24, 2.45) is 5.92 Å². The van der Waals surface area contributed by atoms with Gasteiger partial charge in [-0.25, -0.2) is 0 Å². The van der Waals surface area contributed by atoms with Gasteiger partial charge < -0.3 is 20.1 Å². The summed E-state index contributed by atoms with van der Waals surface area (Å²) >= 11 is 0. The highest BCUT2D eigenvalue weighted by Gasteiger charge is 2.13. The number of amides is 1. The molecule has 0 aromatic rings. The van der Waals surface area contributed by atoms with Gasteiger partial charge in [0.1, 0.15) is 0 Å². The fourth-order valence-corrected chi connectivity index (χ4v) is 1.38. The third-order valence-electron chi connectivity index (χ3n) is 2.25. The van der Waals surface area contributed by atoms with Gasteiger partial charge in [-0.2, -0.15) is 0 Å². The minimum Gasteiger partial charge on any atom is -0.376 e. The molecular formula is C11H22N2O3. The van der Waals surface area contributed by atoms with Crippen molar-refractivity contribution in [3.05, 3.63) is 0 Å². The van der Waals surface area contributed by atoms with Crippen molar-refractivity contribution in [3.8, 4) is 0 Å². The molecule has 0 aromatic heterocycles. The molecule has 1 aliphatic rings. The fourth-order valence-electron chi connectivity index (χ4n) is 1.38. The second kappa shape index (κ2) is 7.60. The van der Waals surface area contributed by atoms with Gasteiger partial charge in [0.05, 0.1) is 32.5 Å². The predicted molar refractivity (Wildman–Crippen MR) is 61.3 cm³/mol. The smallest absolute Gasteiger partial charge is 0.233 e. The van der Waals surface area contributed by atoms with Crippen molar-refractivity contribution in [1.82, 2.24) is 10.6 Å². The number of hydrogen-bond acceptors (Lipinski definition) is 4. The summed E-state index contributed by atoms with van der Waals surface area (Å²) in [6.07, 6.45) is 0.0756. The molecule has 2 N–H and O–H groups in total. The number of rotatable bonds is 6. The van der Waals surface area contributed by atoms with E-state index in [1.54, 1.807) is 0 Å². The minimum atomic E-state index is 0.0328. The molecule has 0 saturated carbocycles. The van der Waals surface area contributed by atoms with Crippen LogP contribution >= 0.6 is 0 Å². The van der Waals surface area contributed by atoms with Crippen LogP contribution in [0.4, 0.5) is 0 Å². The average molecular weight is 230 g/mol. The van der Waals surface area contributed by atoms with Crippen LogP contribution < -0.4 is 10.6 Å². The summed E-state index contributed by atoms with van der Waals surface area (Å²) < 4.78 is 10.7. The first kappa shape index (κ1) is 13.4. The number of ether oxygens (including phenoxy) is 2. The van der Waals surface area contributed by atoms with E-state index >= 15 is 0 Å². The summed E-state index contributed by atoms with van der Waals surface area (Å²) in [4.78, 5) is 11.3. The Hall–Kier alpha value is -0.650. The summed E-state index contributed by atoms with van der Waals surface area (Å²) in [5.74, 6) is 0.518. The highest BCUT2D eigenvalue weighted by atomic mass is 16.6. The molecule has 1 unspecified atom stereocenters. The molecule has 1 atom stereocenters. The van der Waals surface area contributed by atoms with Crippen molar-refractivity contribution in [2.75, 3.05) is 39.5 Å². The van der Waals surface area contributed by atoms with E-state index in [1.807, 2.05) is 0 Å². The molecular weight excluding hydrogens is 208 g/mol. The van der Waals surface area contributed by atoms with Crippen LogP contribution in [0.1, 0.15) is 13.8 Å². The molecule has 1 fully saturated rings. The van der Waals surface area contributed by atoms with E-state index in [0.717, 1.165) is 6.54 Å². The van der Waals surface area contributed by atoms with Gasteiger partial charge in [0, 0.05) is 13.1 Å². The summed E-state index contributed by atoms with van der Waals surface area (Å²) in [6, 6.07) is 0. The first-order valence-corrected chi connectivity index (χ1v) is 5.85. The molecule has 1 amide bonds. The third-order valence-corrected chi connectivity index (χ3v) is 2.25. The zero-order chi connectivity index (χ0) is 11.8. The van der Waals surface area contributed by atoms with Crippen LogP contribution in [0.15, 0.2) is 0 Å². The lowest BCUT2D eigenvalue weighted by Crippen LogP contribution is -2.42. The topological polar surface area (TPSA) is 59.6 Å². The molecule has 1 aliphatic heterocycles. The average Bonchev–Trinajstić information content (AvgIpc) is 2.28. The highest BCUT2D eigenvalue weighted by Crippen LogP contribution is 1.98. The summed E-state index contributed by atoms with van der Waals surface area (Å²) in [5, 5.41) is 5.91.